The molecule has 0 aliphatic carbocycles. The lowest BCUT2D eigenvalue weighted by molar-refractivity contribution is -0.135. The lowest BCUT2D eigenvalue weighted by Crippen LogP contribution is -2.56. The Morgan fingerprint density at radius 1 is 1.22 bits per heavy atom. The van der Waals surface area contributed by atoms with Crippen LogP contribution in [0.2, 0.25) is 0 Å². The van der Waals surface area contributed by atoms with Crippen molar-refractivity contribution in [2.24, 2.45) is 11.8 Å². The topological polar surface area (TPSA) is 61.9 Å². The Morgan fingerprint density at radius 3 is 2.67 bits per heavy atom. The van der Waals surface area contributed by atoms with E-state index in [0.29, 0.717) is 24.8 Å². The van der Waals surface area contributed by atoms with E-state index < -0.39 is 0 Å². The van der Waals surface area contributed by atoms with Gasteiger partial charge in [-0.1, -0.05) is 25.1 Å². The number of piperidine rings is 1. The van der Waals surface area contributed by atoms with Crippen molar-refractivity contribution in [1.29, 1.82) is 0 Å². The number of benzene rings is 1. The lowest BCUT2D eigenvalue weighted by atomic mass is 9.75. The number of fused-ring (bicyclic) bond motifs is 2. The van der Waals surface area contributed by atoms with E-state index in [2.05, 4.69) is 17.1 Å². The smallest absolute Gasteiger partial charge is 0.260 e. The van der Waals surface area contributed by atoms with Crippen LogP contribution in [0.25, 0.3) is 0 Å². The molecular formula is C21H29N3O3. The molecule has 1 aromatic rings. The monoisotopic (exact) mass is 371 g/mol. The van der Waals surface area contributed by atoms with Crippen molar-refractivity contribution in [2.75, 3.05) is 39.3 Å². The van der Waals surface area contributed by atoms with Crippen LogP contribution in [0.4, 0.5) is 0 Å². The van der Waals surface area contributed by atoms with E-state index in [9.17, 15) is 9.59 Å². The number of hydrogen-bond donors (Lipinski definition) is 1. The van der Waals surface area contributed by atoms with Gasteiger partial charge < -0.3 is 19.9 Å². The molecule has 3 saturated heterocycles. The van der Waals surface area contributed by atoms with Crippen molar-refractivity contribution in [3.8, 4) is 5.75 Å². The number of nitrogens with zero attached hydrogens (tertiary/aromatic N) is 2. The average Bonchev–Trinajstić information content (AvgIpc) is 3.21. The summed E-state index contributed by atoms with van der Waals surface area (Å²) in [5.41, 5.74) is -0.124. The first kappa shape index (κ1) is 18.3. The fraction of sp³-hybridized carbons (Fsp3) is 0.619. The second-order valence-electron chi connectivity index (χ2n) is 8.10. The molecule has 3 aliphatic heterocycles. The second-order valence-corrected chi connectivity index (χ2v) is 8.10. The Balaban J connectivity index is 1.33. The van der Waals surface area contributed by atoms with Crippen molar-refractivity contribution < 1.29 is 14.3 Å². The average molecular weight is 371 g/mol. The number of hydrogen-bond acceptors (Lipinski definition) is 4. The predicted octanol–water partition coefficient (Wildman–Crippen LogP) is 1.51. The highest BCUT2D eigenvalue weighted by molar-refractivity contribution is 5.84. The van der Waals surface area contributed by atoms with Gasteiger partial charge in [0.1, 0.15) is 5.75 Å². The van der Waals surface area contributed by atoms with Crippen LogP contribution < -0.4 is 10.1 Å². The van der Waals surface area contributed by atoms with Crippen LogP contribution in [0.5, 0.6) is 5.75 Å². The fourth-order valence-electron chi connectivity index (χ4n) is 5.04. The maximum absolute atomic E-state index is 12.5. The summed E-state index contributed by atoms with van der Waals surface area (Å²) in [6.45, 7) is 6.59. The van der Waals surface area contributed by atoms with Gasteiger partial charge in [-0.15, -0.1) is 0 Å². The minimum absolute atomic E-state index is 0.0219. The highest BCUT2D eigenvalue weighted by atomic mass is 16.5. The van der Waals surface area contributed by atoms with Crippen molar-refractivity contribution in [3.05, 3.63) is 30.3 Å². The third kappa shape index (κ3) is 3.55. The lowest BCUT2D eigenvalue weighted by Gasteiger charge is -2.42. The van der Waals surface area contributed by atoms with Crippen molar-refractivity contribution >= 4 is 11.8 Å². The predicted molar refractivity (Wildman–Crippen MR) is 102 cm³/mol. The normalized spacial score (nSPS) is 26.9. The number of amides is 2. The largest absolute Gasteiger partial charge is 0.484 e. The van der Waals surface area contributed by atoms with E-state index in [1.54, 1.807) is 0 Å². The molecule has 0 bridgehead atoms. The number of rotatable bonds is 5. The molecule has 6 heteroatoms. The number of para-hydroxylation sites is 1. The summed E-state index contributed by atoms with van der Waals surface area (Å²) in [6, 6.07) is 9.43. The third-order valence-corrected chi connectivity index (χ3v) is 6.47. The van der Waals surface area contributed by atoms with E-state index >= 15 is 0 Å². The molecule has 2 atom stereocenters. The van der Waals surface area contributed by atoms with Crippen LogP contribution in [0.3, 0.4) is 0 Å². The van der Waals surface area contributed by atoms with Gasteiger partial charge in [0.05, 0.1) is 5.92 Å². The Morgan fingerprint density at radius 2 is 1.96 bits per heavy atom. The quantitative estimate of drug-likeness (QED) is 0.852. The summed E-state index contributed by atoms with van der Waals surface area (Å²) in [5, 5.41) is 3.32. The van der Waals surface area contributed by atoms with E-state index in [1.807, 2.05) is 35.2 Å². The van der Waals surface area contributed by atoms with Gasteiger partial charge in [-0.25, -0.2) is 0 Å². The molecule has 0 radical (unpaired) electrons. The van der Waals surface area contributed by atoms with Gasteiger partial charge in [-0.05, 0) is 37.9 Å². The Kier molecular flexibility index (Phi) is 5.08. The first-order valence-electron chi connectivity index (χ1n) is 10.1. The Bertz CT molecular complexity index is 685. The molecule has 4 rings (SSSR count). The zero-order valence-corrected chi connectivity index (χ0v) is 16.0. The minimum atomic E-state index is -0.124. The van der Waals surface area contributed by atoms with Gasteiger partial charge in [0.25, 0.3) is 5.91 Å². The zero-order valence-electron chi connectivity index (χ0n) is 16.0. The van der Waals surface area contributed by atoms with E-state index in [-0.39, 0.29) is 29.9 Å². The maximum Gasteiger partial charge on any atom is 0.260 e. The molecule has 2 amide bonds. The van der Waals surface area contributed by atoms with Gasteiger partial charge in [0, 0.05) is 37.6 Å². The molecule has 1 aromatic carbocycles. The van der Waals surface area contributed by atoms with Gasteiger partial charge in [0.15, 0.2) is 6.61 Å². The molecule has 0 aromatic heterocycles. The summed E-state index contributed by atoms with van der Waals surface area (Å²) in [4.78, 5) is 29.3. The Labute approximate surface area is 160 Å². The first-order chi connectivity index (χ1) is 13.1. The maximum atomic E-state index is 12.5. The molecule has 146 valence electrons. The number of carbonyl (C=O) groups excluding carboxylic acids is 2. The highest BCUT2D eigenvalue weighted by Crippen LogP contribution is 2.43. The van der Waals surface area contributed by atoms with Gasteiger partial charge in [0.2, 0.25) is 5.91 Å². The highest BCUT2D eigenvalue weighted by Gasteiger charge is 2.57. The summed E-state index contributed by atoms with van der Waals surface area (Å²) in [6.07, 6.45) is 2.81. The van der Waals surface area contributed by atoms with Crippen LogP contribution in [0, 0.1) is 11.8 Å². The van der Waals surface area contributed by atoms with Crippen LogP contribution >= 0.6 is 0 Å². The van der Waals surface area contributed by atoms with Crippen LogP contribution in [-0.4, -0.2) is 66.5 Å². The first-order valence-corrected chi connectivity index (χ1v) is 10.1. The molecule has 1 spiro atoms. The minimum Gasteiger partial charge on any atom is -0.484 e. The van der Waals surface area contributed by atoms with E-state index in [0.717, 1.165) is 38.9 Å². The molecule has 27 heavy (non-hydrogen) atoms. The zero-order chi connectivity index (χ0) is 18.9. The van der Waals surface area contributed by atoms with Gasteiger partial charge in [-0.3, -0.25) is 9.59 Å². The summed E-state index contributed by atoms with van der Waals surface area (Å²) >= 11 is 0. The van der Waals surface area contributed by atoms with Gasteiger partial charge in [-0.2, -0.15) is 0 Å². The fourth-order valence-corrected chi connectivity index (χ4v) is 5.04. The van der Waals surface area contributed by atoms with Crippen LogP contribution in [0.1, 0.15) is 26.2 Å². The third-order valence-electron chi connectivity index (χ3n) is 6.47. The molecule has 3 heterocycles. The van der Waals surface area contributed by atoms with Crippen molar-refractivity contribution in [2.45, 2.75) is 31.7 Å². The van der Waals surface area contributed by atoms with E-state index in [1.165, 1.54) is 0 Å². The second kappa shape index (κ2) is 7.50. The number of nitrogens with one attached hydrogen (secondary N) is 1. The molecule has 0 saturated carbocycles. The summed E-state index contributed by atoms with van der Waals surface area (Å²) in [5.74, 6) is 1.46. The molecule has 3 aliphatic rings. The van der Waals surface area contributed by atoms with Crippen molar-refractivity contribution in [1.82, 2.24) is 15.1 Å². The molecule has 3 fully saturated rings. The van der Waals surface area contributed by atoms with Crippen LogP contribution in [0.15, 0.2) is 30.3 Å². The Hall–Kier alpha value is -2.08. The number of ether oxygens (including phenoxy) is 1. The van der Waals surface area contributed by atoms with Crippen molar-refractivity contribution in [3.63, 3.8) is 0 Å². The van der Waals surface area contributed by atoms with Gasteiger partial charge >= 0.3 is 0 Å². The molecule has 6 nitrogen and oxygen atoms in total. The van der Waals surface area contributed by atoms with Crippen LogP contribution in [-0.2, 0) is 9.59 Å². The number of carbonyl (C=O) groups is 2. The molecule has 0 unspecified atom stereocenters. The SMILES string of the molecule is CCCN1C[C@H]2C(=O)NC3(CCN(C(=O)COc4ccccc4)CC3)[C@H]2C1. The molecular weight excluding hydrogens is 342 g/mol. The standard InChI is InChI=1S/C21H29N3O3/c1-2-10-23-13-17-18(14-23)21(22-20(17)26)8-11-24(12-9-21)19(25)15-27-16-6-4-3-5-7-16/h3-7,17-18H,2,8-15H2,1H3,(H,22,26)/t17-,18+/m1/s1. The summed E-state index contributed by atoms with van der Waals surface area (Å²) < 4.78 is 5.60. The number of likely N-dealkylation sites (tertiary alicyclic amines) is 2. The molecule has 1 N–H and O–H groups in total. The summed E-state index contributed by atoms with van der Waals surface area (Å²) in [7, 11) is 0. The van der Waals surface area contributed by atoms with E-state index in [4.69, 9.17) is 4.74 Å².